The van der Waals surface area contributed by atoms with Gasteiger partial charge in [-0.3, -0.25) is 0 Å². The van der Waals surface area contributed by atoms with Crippen LogP contribution in [0.2, 0.25) is 0 Å². The van der Waals surface area contributed by atoms with Crippen LogP contribution < -0.4 is 4.90 Å². The summed E-state index contributed by atoms with van der Waals surface area (Å²) in [5.41, 5.74) is 0.720. The lowest BCUT2D eigenvalue weighted by molar-refractivity contribution is 0.198. The van der Waals surface area contributed by atoms with Gasteiger partial charge >= 0.3 is 0 Å². The van der Waals surface area contributed by atoms with Gasteiger partial charge in [-0.25, -0.2) is 14.4 Å². The van der Waals surface area contributed by atoms with E-state index in [0.717, 1.165) is 18.5 Å². The Morgan fingerprint density at radius 1 is 1.35 bits per heavy atom. The van der Waals surface area contributed by atoms with Crippen LogP contribution >= 0.6 is 0 Å². The van der Waals surface area contributed by atoms with Crippen LogP contribution in [-0.2, 0) is 0 Å². The Bertz CT molecular complexity index is 560. The van der Waals surface area contributed by atoms with Gasteiger partial charge in [0.25, 0.3) is 0 Å². The van der Waals surface area contributed by atoms with Gasteiger partial charge in [0.05, 0.1) is 11.6 Å². The van der Waals surface area contributed by atoms with Crippen molar-refractivity contribution in [1.82, 2.24) is 9.97 Å². The summed E-state index contributed by atoms with van der Waals surface area (Å²) in [6, 6.07) is 4.47. The molecule has 3 rings (SSSR count). The minimum atomic E-state index is -0.325. The van der Waals surface area contributed by atoms with Gasteiger partial charge in [0, 0.05) is 18.5 Å². The van der Waals surface area contributed by atoms with Crippen molar-refractivity contribution in [2.75, 3.05) is 18.0 Å². The van der Waals surface area contributed by atoms with Gasteiger partial charge in [-0.2, -0.15) is 0 Å². The van der Waals surface area contributed by atoms with E-state index in [1.54, 1.807) is 6.07 Å². The van der Waals surface area contributed by atoms with Crippen molar-refractivity contribution < 1.29 is 9.50 Å². The number of aliphatic hydroxyl groups excluding tert-OH is 1. The molecule has 1 aliphatic rings. The van der Waals surface area contributed by atoms with Crippen molar-refractivity contribution in [3.05, 3.63) is 30.3 Å². The molecule has 1 aliphatic heterocycles. The van der Waals surface area contributed by atoms with Gasteiger partial charge < -0.3 is 10.0 Å². The first-order valence-electron chi connectivity index (χ1n) is 5.57. The Hall–Kier alpha value is -1.75. The molecule has 1 aromatic heterocycles. The molecular weight excluding hydrogens is 221 g/mol. The summed E-state index contributed by atoms with van der Waals surface area (Å²) in [6.07, 6.45) is 1.87. The summed E-state index contributed by atoms with van der Waals surface area (Å²) in [6.45, 7) is 1.28. The zero-order chi connectivity index (χ0) is 11.8. The van der Waals surface area contributed by atoms with Crippen LogP contribution in [0.15, 0.2) is 24.5 Å². The van der Waals surface area contributed by atoms with Crippen molar-refractivity contribution >= 4 is 16.7 Å². The maximum absolute atomic E-state index is 13.3. The molecule has 0 amide bonds. The van der Waals surface area contributed by atoms with E-state index in [1.165, 1.54) is 18.5 Å². The molecule has 1 aromatic carbocycles. The van der Waals surface area contributed by atoms with E-state index in [0.29, 0.717) is 17.7 Å². The van der Waals surface area contributed by atoms with Crippen LogP contribution in [0, 0.1) is 5.82 Å². The number of nitrogens with zero attached hydrogens (tertiary/aromatic N) is 3. The van der Waals surface area contributed by atoms with E-state index in [-0.39, 0.29) is 11.9 Å². The van der Waals surface area contributed by atoms with E-state index in [4.69, 9.17) is 0 Å². The van der Waals surface area contributed by atoms with Crippen molar-refractivity contribution in [1.29, 1.82) is 0 Å². The summed E-state index contributed by atoms with van der Waals surface area (Å²) >= 11 is 0. The molecule has 1 fully saturated rings. The average molecular weight is 233 g/mol. The fraction of sp³-hybridized carbons (Fsp3) is 0.333. The lowest BCUT2D eigenvalue weighted by Gasteiger charge is -2.17. The second-order valence-electron chi connectivity index (χ2n) is 4.25. The number of aromatic nitrogens is 2. The third kappa shape index (κ3) is 1.82. The molecule has 1 unspecified atom stereocenters. The molecule has 1 atom stereocenters. The molecule has 5 heteroatoms. The molecule has 17 heavy (non-hydrogen) atoms. The Balaban J connectivity index is 2.12. The summed E-state index contributed by atoms with van der Waals surface area (Å²) in [4.78, 5) is 10.3. The van der Waals surface area contributed by atoms with Gasteiger partial charge in [-0.15, -0.1) is 0 Å². The third-order valence-corrected chi connectivity index (χ3v) is 3.04. The molecule has 0 saturated carbocycles. The zero-order valence-electron chi connectivity index (χ0n) is 9.17. The predicted molar refractivity (Wildman–Crippen MR) is 62.3 cm³/mol. The minimum absolute atomic E-state index is 0.298. The molecular formula is C12H12FN3O. The van der Waals surface area contributed by atoms with Crippen LogP contribution in [0.4, 0.5) is 10.2 Å². The monoisotopic (exact) mass is 233 g/mol. The standard InChI is InChI=1S/C12H12FN3O/c13-8-1-2-11-10(5-8)12(15-7-14-11)16-4-3-9(17)6-16/h1-2,5,7,9,17H,3-4,6H2. The molecule has 1 saturated heterocycles. The number of fused-ring (bicyclic) bond motifs is 1. The van der Waals surface area contributed by atoms with Gasteiger partial charge in [-0.05, 0) is 24.6 Å². The first-order chi connectivity index (χ1) is 8.24. The zero-order valence-corrected chi connectivity index (χ0v) is 9.17. The Morgan fingerprint density at radius 2 is 2.24 bits per heavy atom. The van der Waals surface area contributed by atoms with Gasteiger partial charge in [0.1, 0.15) is 18.0 Å². The molecule has 1 N–H and O–H groups in total. The molecule has 2 heterocycles. The smallest absolute Gasteiger partial charge is 0.140 e. The number of rotatable bonds is 1. The second kappa shape index (κ2) is 3.92. The normalized spacial score (nSPS) is 20.1. The summed E-state index contributed by atoms with van der Waals surface area (Å²) < 4.78 is 13.3. The van der Waals surface area contributed by atoms with Crippen molar-refractivity contribution in [2.24, 2.45) is 0 Å². The Kier molecular flexibility index (Phi) is 2.40. The van der Waals surface area contributed by atoms with E-state index in [9.17, 15) is 9.50 Å². The molecule has 4 nitrogen and oxygen atoms in total. The fourth-order valence-electron chi connectivity index (χ4n) is 2.20. The van der Waals surface area contributed by atoms with E-state index in [1.807, 2.05) is 4.90 Å². The number of aliphatic hydroxyl groups is 1. The molecule has 88 valence electrons. The second-order valence-corrected chi connectivity index (χ2v) is 4.25. The van der Waals surface area contributed by atoms with E-state index >= 15 is 0 Å². The highest BCUT2D eigenvalue weighted by atomic mass is 19.1. The van der Waals surface area contributed by atoms with Crippen LogP contribution in [0.3, 0.4) is 0 Å². The molecule has 0 bridgehead atoms. The first-order valence-corrected chi connectivity index (χ1v) is 5.57. The van der Waals surface area contributed by atoms with Gasteiger partial charge in [0.15, 0.2) is 0 Å². The summed E-state index contributed by atoms with van der Waals surface area (Å²) in [7, 11) is 0. The lowest BCUT2D eigenvalue weighted by Crippen LogP contribution is -2.22. The molecule has 0 radical (unpaired) electrons. The number of hydrogen-bond donors (Lipinski definition) is 1. The highest BCUT2D eigenvalue weighted by molar-refractivity contribution is 5.89. The SMILES string of the molecule is OC1CCN(c2ncnc3ccc(F)cc23)C1. The van der Waals surface area contributed by atoms with Gasteiger partial charge in [-0.1, -0.05) is 0 Å². The minimum Gasteiger partial charge on any atom is -0.391 e. The largest absolute Gasteiger partial charge is 0.391 e. The van der Waals surface area contributed by atoms with Crippen molar-refractivity contribution in [2.45, 2.75) is 12.5 Å². The number of anilines is 1. The third-order valence-electron chi connectivity index (χ3n) is 3.04. The van der Waals surface area contributed by atoms with E-state index in [2.05, 4.69) is 9.97 Å². The summed E-state index contributed by atoms with van der Waals surface area (Å²) in [5.74, 6) is 0.402. The maximum Gasteiger partial charge on any atom is 0.140 e. The van der Waals surface area contributed by atoms with Crippen LogP contribution in [-0.4, -0.2) is 34.3 Å². The van der Waals surface area contributed by atoms with Crippen LogP contribution in [0.25, 0.3) is 10.9 Å². The topological polar surface area (TPSA) is 49.2 Å². The average Bonchev–Trinajstić information content (AvgIpc) is 2.75. The Labute approximate surface area is 97.7 Å². The highest BCUT2D eigenvalue weighted by Crippen LogP contribution is 2.26. The maximum atomic E-state index is 13.3. The van der Waals surface area contributed by atoms with Crippen molar-refractivity contribution in [3.8, 4) is 0 Å². The first kappa shape index (κ1) is 10.4. The molecule has 2 aromatic rings. The van der Waals surface area contributed by atoms with E-state index < -0.39 is 0 Å². The highest BCUT2D eigenvalue weighted by Gasteiger charge is 2.23. The molecule has 0 spiro atoms. The number of β-amino-alcohol motifs (C(OH)–C–C–N with tert-alkyl or cyclic N) is 1. The number of benzene rings is 1. The van der Waals surface area contributed by atoms with Crippen molar-refractivity contribution in [3.63, 3.8) is 0 Å². The number of hydrogen-bond acceptors (Lipinski definition) is 4. The van der Waals surface area contributed by atoms with Crippen LogP contribution in [0.1, 0.15) is 6.42 Å². The quantitative estimate of drug-likeness (QED) is 0.807. The fourth-order valence-corrected chi connectivity index (χ4v) is 2.20. The molecule has 0 aliphatic carbocycles. The number of halogens is 1. The summed E-state index contributed by atoms with van der Waals surface area (Å²) in [5, 5.41) is 10.2. The lowest BCUT2D eigenvalue weighted by atomic mass is 10.2. The van der Waals surface area contributed by atoms with Crippen LogP contribution in [0.5, 0.6) is 0 Å². The van der Waals surface area contributed by atoms with Gasteiger partial charge in [0.2, 0.25) is 0 Å². The Morgan fingerprint density at radius 3 is 3.00 bits per heavy atom. The predicted octanol–water partition coefficient (Wildman–Crippen LogP) is 1.34.